The molecule has 290 valence electrons. The Kier molecular flexibility index (Phi) is 8.42. The second kappa shape index (κ2) is 14.7. The van der Waals surface area contributed by atoms with E-state index in [0.29, 0.717) is 17.5 Å². The van der Waals surface area contributed by atoms with Crippen LogP contribution in [0.15, 0.2) is 223 Å². The summed E-state index contributed by atoms with van der Waals surface area (Å²) >= 11 is 0. The van der Waals surface area contributed by atoms with Crippen molar-refractivity contribution in [3.63, 3.8) is 0 Å². The molecule has 5 heteroatoms. The van der Waals surface area contributed by atoms with Crippen molar-refractivity contribution in [2.75, 3.05) is 0 Å². The fourth-order valence-corrected chi connectivity index (χ4v) is 8.82. The SMILES string of the molecule is c1ccc(-c2ccc(-c3nc(-c4ccc(-c5ccccc5)cc4)nc(-c4ccc(-c5cccc6c5oc5c6ccc6c7ccccc7n(-c7ccccc7)c65)cc4)n3)cc2)cc1. The van der Waals surface area contributed by atoms with E-state index in [9.17, 15) is 0 Å². The van der Waals surface area contributed by atoms with Crippen LogP contribution in [0, 0.1) is 0 Å². The second-order valence-corrected chi connectivity index (χ2v) is 15.6. The Hall–Kier alpha value is -8.41. The Balaban J connectivity index is 0.958. The summed E-state index contributed by atoms with van der Waals surface area (Å²) in [7, 11) is 0. The molecule has 12 rings (SSSR count). The molecule has 0 aliphatic heterocycles. The van der Waals surface area contributed by atoms with E-state index < -0.39 is 0 Å². The highest BCUT2D eigenvalue weighted by Gasteiger charge is 2.21. The zero-order chi connectivity index (χ0) is 41.0. The average molecular weight is 793 g/mol. The molecule has 3 heterocycles. The third-order valence-electron chi connectivity index (χ3n) is 11.9. The molecule has 0 atom stereocenters. The minimum absolute atomic E-state index is 0.605. The summed E-state index contributed by atoms with van der Waals surface area (Å²) < 4.78 is 9.34. The number of furan rings is 1. The van der Waals surface area contributed by atoms with E-state index in [0.717, 1.165) is 94.1 Å². The molecule has 0 unspecified atom stereocenters. The summed E-state index contributed by atoms with van der Waals surface area (Å²) in [5.41, 5.74) is 14.4. The highest BCUT2D eigenvalue weighted by atomic mass is 16.3. The van der Waals surface area contributed by atoms with Gasteiger partial charge in [0, 0.05) is 49.5 Å². The minimum Gasteiger partial charge on any atom is -0.453 e. The van der Waals surface area contributed by atoms with Gasteiger partial charge in [0.1, 0.15) is 5.58 Å². The third-order valence-corrected chi connectivity index (χ3v) is 11.9. The Morgan fingerprint density at radius 3 is 1.27 bits per heavy atom. The van der Waals surface area contributed by atoms with Crippen LogP contribution in [0.1, 0.15) is 0 Å². The zero-order valence-corrected chi connectivity index (χ0v) is 33.5. The van der Waals surface area contributed by atoms with Crippen molar-refractivity contribution in [3.8, 4) is 73.2 Å². The van der Waals surface area contributed by atoms with Crippen molar-refractivity contribution >= 4 is 43.7 Å². The molecule has 0 saturated carbocycles. The Bertz CT molecular complexity index is 3480. The van der Waals surface area contributed by atoms with Gasteiger partial charge in [-0.2, -0.15) is 0 Å². The van der Waals surface area contributed by atoms with Crippen LogP contribution in [-0.4, -0.2) is 19.5 Å². The van der Waals surface area contributed by atoms with Gasteiger partial charge in [0.05, 0.1) is 11.0 Å². The van der Waals surface area contributed by atoms with E-state index in [2.05, 4.69) is 211 Å². The number of para-hydroxylation sites is 3. The molecule has 0 spiro atoms. The molecule has 0 aliphatic carbocycles. The van der Waals surface area contributed by atoms with Gasteiger partial charge in [-0.3, -0.25) is 0 Å². The highest BCUT2D eigenvalue weighted by molar-refractivity contribution is 6.22. The smallest absolute Gasteiger partial charge is 0.164 e. The first-order valence-electron chi connectivity index (χ1n) is 20.8. The monoisotopic (exact) mass is 792 g/mol. The van der Waals surface area contributed by atoms with Crippen molar-refractivity contribution in [1.29, 1.82) is 0 Å². The Labute approximate surface area is 357 Å². The predicted molar refractivity (Wildman–Crippen MR) is 254 cm³/mol. The lowest BCUT2D eigenvalue weighted by atomic mass is 10.0. The first-order chi connectivity index (χ1) is 30.7. The van der Waals surface area contributed by atoms with Crippen LogP contribution in [0.5, 0.6) is 0 Å². The number of aromatic nitrogens is 4. The van der Waals surface area contributed by atoms with E-state index in [1.54, 1.807) is 0 Å². The summed E-state index contributed by atoms with van der Waals surface area (Å²) in [6.07, 6.45) is 0. The summed E-state index contributed by atoms with van der Waals surface area (Å²) in [6, 6.07) is 76.1. The number of rotatable bonds is 7. The van der Waals surface area contributed by atoms with Crippen molar-refractivity contribution in [3.05, 3.63) is 218 Å². The zero-order valence-electron chi connectivity index (χ0n) is 33.5. The van der Waals surface area contributed by atoms with E-state index in [4.69, 9.17) is 19.4 Å². The average Bonchev–Trinajstić information content (AvgIpc) is 3.91. The number of fused-ring (bicyclic) bond motifs is 7. The molecule has 9 aromatic carbocycles. The fourth-order valence-electron chi connectivity index (χ4n) is 8.82. The number of benzene rings is 9. The van der Waals surface area contributed by atoms with Gasteiger partial charge in [-0.05, 0) is 52.1 Å². The van der Waals surface area contributed by atoms with Crippen LogP contribution in [0.4, 0.5) is 0 Å². The molecule has 0 amide bonds. The second-order valence-electron chi connectivity index (χ2n) is 15.6. The predicted octanol–water partition coefficient (Wildman–Crippen LogP) is 14.9. The summed E-state index contributed by atoms with van der Waals surface area (Å²) in [5, 5.41) is 4.53. The van der Waals surface area contributed by atoms with Gasteiger partial charge in [-0.1, -0.05) is 194 Å². The topological polar surface area (TPSA) is 56.7 Å². The molecule has 0 radical (unpaired) electrons. The van der Waals surface area contributed by atoms with Gasteiger partial charge < -0.3 is 8.98 Å². The van der Waals surface area contributed by atoms with E-state index in [-0.39, 0.29) is 0 Å². The number of hydrogen-bond donors (Lipinski definition) is 0. The molecule has 5 nitrogen and oxygen atoms in total. The van der Waals surface area contributed by atoms with Crippen LogP contribution >= 0.6 is 0 Å². The molecular formula is C57H36N4O. The largest absolute Gasteiger partial charge is 0.453 e. The standard InChI is InChI=1S/C57H36N4O/c1-4-13-37(14-5-1)39-23-29-42(30-24-39)55-58-56(43-31-25-40(26-32-43)38-15-6-2-7-16-38)60-57(59-55)44-33-27-41(28-34-44)46-20-12-21-49-50-36-35-48-47-19-10-11-22-51(47)61(45-17-8-3-9-18-45)52(48)54(50)62-53(46)49/h1-36H. The first kappa shape index (κ1) is 35.5. The van der Waals surface area contributed by atoms with Gasteiger partial charge in [0.15, 0.2) is 23.1 Å². The lowest BCUT2D eigenvalue weighted by molar-refractivity contribution is 0.672. The highest BCUT2D eigenvalue weighted by Crippen LogP contribution is 2.43. The van der Waals surface area contributed by atoms with Gasteiger partial charge in [-0.15, -0.1) is 0 Å². The van der Waals surface area contributed by atoms with Crippen LogP contribution in [-0.2, 0) is 0 Å². The maximum absolute atomic E-state index is 7.01. The molecule has 0 fully saturated rings. The van der Waals surface area contributed by atoms with E-state index in [1.807, 2.05) is 12.1 Å². The van der Waals surface area contributed by atoms with Crippen LogP contribution < -0.4 is 0 Å². The van der Waals surface area contributed by atoms with E-state index in [1.165, 1.54) is 5.39 Å². The summed E-state index contributed by atoms with van der Waals surface area (Å²) in [5.74, 6) is 1.84. The molecule has 0 aliphatic rings. The van der Waals surface area contributed by atoms with Gasteiger partial charge in [-0.25, -0.2) is 15.0 Å². The van der Waals surface area contributed by atoms with Gasteiger partial charge >= 0.3 is 0 Å². The minimum atomic E-state index is 0.605. The number of nitrogens with zero attached hydrogens (tertiary/aromatic N) is 4. The fraction of sp³-hybridized carbons (Fsp3) is 0. The molecule has 3 aromatic heterocycles. The lowest BCUT2D eigenvalue weighted by Gasteiger charge is -2.10. The maximum atomic E-state index is 7.01. The van der Waals surface area contributed by atoms with Crippen LogP contribution in [0.25, 0.3) is 117 Å². The molecule has 0 saturated heterocycles. The Morgan fingerprint density at radius 2 is 0.710 bits per heavy atom. The first-order valence-corrected chi connectivity index (χ1v) is 20.8. The van der Waals surface area contributed by atoms with Crippen molar-refractivity contribution in [2.45, 2.75) is 0 Å². The van der Waals surface area contributed by atoms with Crippen LogP contribution in [0.3, 0.4) is 0 Å². The van der Waals surface area contributed by atoms with Crippen LogP contribution in [0.2, 0.25) is 0 Å². The molecule has 62 heavy (non-hydrogen) atoms. The van der Waals surface area contributed by atoms with Crippen molar-refractivity contribution in [2.24, 2.45) is 0 Å². The summed E-state index contributed by atoms with van der Waals surface area (Å²) in [4.78, 5) is 15.2. The molecular weight excluding hydrogens is 757 g/mol. The van der Waals surface area contributed by atoms with Crippen molar-refractivity contribution < 1.29 is 4.42 Å². The van der Waals surface area contributed by atoms with Crippen molar-refractivity contribution in [1.82, 2.24) is 19.5 Å². The molecule has 0 N–H and O–H groups in total. The maximum Gasteiger partial charge on any atom is 0.164 e. The quantitative estimate of drug-likeness (QED) is 0.161. The van der Waals surface area contributed by atoms with Gasteiger partial charge in [0.2, 0.25) is 0 Å². The van der Waals surface area contributed by atoms with Gasteiger partial charge in [0.25, 0.3) is 0 Å². The summed E-state index contributed by atoms with van der Waals surface area (Å²) in [6.45, 7) is 0. The van der Waals surface area contributed by atoms with E-state index >= 15 is 0 Å². The lowest BCUT2D eigenvalue weighted by Crippen LogP contribution is -2.00. The normalized spacial score (nSPS) is 11.5. The molecule has 0 bridgehead atoms. The number of hydrogen-bond acceptors (Lipinski definition) is 4. The Morgan fingerprint density at radius 1 is 0.290 bits per heavy atom. The third kappa shape index (κ3) is 6.06. The molecule has 12 aromatic rings.